The van der Waals surface area contributed by atoms with Crippen LogP contribution in [0.4, 0.5) is 0 Å². The Morgan fingerprint density at radius 2 is 2.26 bits per heavy atom. The first kappa shape index (κ1) is 16.5. The summed E-state index contributed by atoms with van der Waals surface area (Å²) in [5, 5.41) is 4.18. The number of methoxy groups -OCH3 is 1. The van der Waals surface area contributed by atoms with Gasteiger partial charge in [0.25, 0.3) is 0 Å². The van der Waals surface area contributed by atoms with Crippen LogP contribution < -0.4 is 4.74 Å². The van der Waals surface area contributed by atoms with Crippen LogP contribution >= 0.6 is 15.9 Å². The third kappa shape index (κ3) is 3.31. The highest BCUT2D eigenvalue weighted by molar-refractivity contribution is 9.10. The predicted molar refractivity (Wildman–Crippen MR) is 93.7 cm³/mol. The monoisotopic (exact) mass is 378 g/mol. The molecule has 23 heavy (non-hydrogen) atoms. The molecule has 1 fully saturated rings. The molecule has 0 saturated carbocycles. The van der Waals surface area contributed by atoms with Gasteiger partial charge in [-0.15, -0.1) is 0 Å². The van der Waals surface area contributed by atoms with Crippen LogP contribution in [0.25, 0.3) is 0 Å². The second-order valence-electron chi connectivity index (χ2n) is 6.06. The van der Waals surface area contributed by atoms with Gasteiger partial charge in [-0.1, -0.05) is 18.1 Å². The average Bonchev–Trinajstić information content (AvgIpc) is 3.13. The van der Waals surface area contributed by atoms with E-state index in [4.69, 9.17) is 9.26 Å². The lowest BCUT2D eigenvalue weighted by molar-refractivity contribution is 0.245. The third-order valence-electron chi connectivity index (χ3n) is 4.60. The van der Waals surface area contributed by atoms with Crippen LogP contribution in [-0.4, -0.2) is 23.7 Å². The molecule has 1 atom stereocenters. The van der Waals surface area contributed by atoms with Gasteiger partial charge in [0.2, 0.25) is 0 Å². The lowest BCUT2D eigenvalue weighted by Gasteiger charge is -2.25. The van der Waals surface area contributed by atoms with Crippen LogP contribution in [0.15, 0.2) is 27.2 Å². The molecule has 3 rings (SSSR count). The van der Waals surface area contributed by atoms with E-state index < -0.39 is 0 Å². The van der Waals surface area contributed by atoms with Gasteiger partial charge in [-0.3, -0.25) is 4.90 Å². The fraction of sp³-hybridized carbons (Fsp3) is 0.500. The molecule has 1 aromatic carbocycles. The Morgan fingerprint density at radius 3 is 2.96 bits per heavy atom. The zero-order chi connectivity index (χ0) is 16.4. The van der Waals surface area contributed by atoms with Crippen molar-refractivity contribution < 1.29 is 9.26 Å². The van der Waals surface area contributed by atoms with Crippen molar-refractivity contribution in [3.8, 4) is 5.75 Å². The van der Waals surface area contributed by atoms with Crippen molar-refractivity contribution in [1.29, 1.82) is 0 Å². The second-order valence-corrected chi connectivity index (χ2v) is 6.91. The number of ether oxygens (including phenoxy) is 1. The van der Waals surface area contributed by atoms with Gasteiger partial charge in [0.15, 0.2) is 0 Å². The molecule has 1 aromatic heterocycles. The average molecular weight is 379 g/mol. The molecule has 1 saturated heterocycles. The molecule has 1 aliphatic rings. The van der Waals surface area contributed by atoms with E-state index in [1.54, 1.807) is 7.11 Å². The number of hydrogen-bond acceptors (Lipinski definition) is 4. The number of benzene rings is 1. The minimum Gasteiger partial charge on any atom is -0.496 e. The van der Waals surface area contributed by atoms with Gasteiger partial charge in [0.1, 0.15) is 11.5 Å². The fourth-order valence-corrected chi connectivity index (χ4v) is 4.08. The lowest BCUT2D eigenvalue weighted by Crippen LogP contribution is -2.23. The first-order valence-electron chi connectivity index (χ1n) is 8.15. The molecule has 0 amide bonds. The molecule has 124 valence electrons. The normalized spacial score (nSPS) is 18.5. The molecule has 4 nitrogen and oxygen atoms in total. The Hall–Kier alpha value is -1.33. The van der Waals surface area contributed by atoms with Crippen molar-refractivity contribution >= 4 is 15.9 Å². The molecular weight excluding hydrogens is 356 g/mol. The summed E-state index contributed by atoms with van der Waals surface area (Å²) in [6, 6.07) is 6.72. The molecule has 0 aliphatic carbocycles. The van der Waals surface area contributed by atoms with Gasteiger partial charge in [-0.25, -0.2) is 0 Å². The second kappa shape index (κ2) is 7.05. The maximum absolute atomic E-state index is 5.50. The van der Waals surface area contributed by atoms with E-state index in [2.05, 4.69) is 52.0 Å². The highest BCUT2D eigenvalue weighted by Crippen LogP contribution is 2.37. The summed E-state index contributed by atoms with van der Waals surface area (Å²) < 4.78 is 11.8. The molecule has 0 unspecified atom stereocenters. The van der Waals surface area contributed by atoms with Crippen LogP contribution in [0.2, 0.25) is 0 Å². The van der Waals surface area contributed by atoms with Gasteiger partial charge < -0.3 is 9.26 Å². The van der Waals surface area contributed by atoms with E-state index in [9.17, 15) is 0 Å². The van der Waals surface area contributed by atoms with Crippen molar-refractivity contribution in [2.45, 2.75) is 45.7 Å². The highest BCUT2D eigenvalue weighted by atomic mass is 79.9. The molecule has 0 bridgehead atoms. The maximum Gasteiger partial charge on any atom is 0.141 e. The molecule has 2 heterocycles. The summed E-state index contributed by atoms with van der Waals surface area (Å²) in [6.45, 7) is 6.23. The minimum atomic E-state index is 0.414. The summed E-state index contributed by atoms with van der Waals surface area (Å²) >= 11 is 3.58. The smallest absolute Gasteiger partial charge is 0.141 e. The molecular formula is C18H23BrN2O2. The molecule has 0 spiro atoms. The van der Waals surface area contributed by atoms with Gasteiger partial charge in [0.05, 0.1) is 17.3 Å². The standard InChI is InChI=1S/C18H23BrN2O2/c1-4-16-18(12(2)20-23-16)15-6-5-9-21(15)11-13-7-8-17(22-3)14(19)10-13/h7-8,10,15H,4-6,9,11H2,1-3H3/t15-/m0/s1. The summed E-state index contributed by atoms with van der Waals surface area (Å²) in [7, 11) is 1.69. The van der Waals surface area contributed by atoms with Crippen LogP contribution in [0, 0.1) is 6.92 Å². The Labute approximate surface area is 145 Å². The quantitative estimate of drug-likeness (QED) is 0.758. The molecule has 1 aliphatic heterocycles. The van der Waals surface area contributed by atoms with E-state index in [0.29, 0.717) is 6.04 Å². The predicted octanol–water partition coefficient (Wildman–Crippen LogP) is 4.65. The first-order chi connectivity index (χ1) is 11.1. The number of halogens is 1. The van der Waals surface area contributed by atoms with Crippen molar-refractivity contribution in [3.63, 3.8) is 0 Å². The lowest BCUT2D eigenvalue weighted by atomic mass is 10.0. The van der Waals surface area contributed by atoms with Crippen LogP contribution in [0.3, 0.4) is 0 Å². The van der Waals surface area contributed by atoms with Gasteiger partial charge in [-0.05, 0) is 59.9 Å². The van der Waals surface area contributed by atoms with E-state index in [1.807, 2.05) is 6.07 Å². The highest BCUT2D eigenvalue weighted by Gasteiger charge is 2.31. The molecule has 5 heteroatoms. The Kier molecular flexibility index (Phi) is 5.07. The summed E-state index contributed by atoms with van der Waals surface area (Å²) in [4.78, 5) is 2.53. The molecule has 0 N–H and O–H groups in total. The van der Waals surface area contributed by atoms with Crippen LogP contribution in [0.1, 0.15) is 48.4 Å². The van der Waals surface area contributed by atoms with E-state index in [0.717, 1.165) is 41.2 Å². The van der Waals surface area contributed by atoms with E-state index >= 15 is 0 Å². The zero-order valence-corrected chi connectivity index (χ0v) is 15.5. The number of aromatic nitrogens is 1. The van der Waals surface area contributed by atoms with Crippen molar-refractivity contribution in [1.82, 2.24) is 10.1 Å². The zero-order valence-electron chi connectivity index (χ0n) is 13.9. The van der Waals surface area contributed by atoms with Crippen molar-refractivity contribution in [2.24, 2.45) is 0 Å². The SMILES string of the molecule is CCc1onc(C)c1[C@@H]1CCCN1Cc1ccc(OC)c(Br)c1. The van der Waals surface area contributed by atoms with Gasteiger partial charge in [0, 0.05) is 24.6 Å². The summed E-state index contributed by atoms with van der Waals surface area (Å²) in [6.07, 6.45) is 3.29. The fourth-order valence-electron chi connectivity index (χ4n) is 3.49. The number of aryl methyl sites for hydroxylation is 2. The first-order valence-corrected chi connectivity index (χ1v) is 8.94. The van der Waals surface area contributed by atoms with E-state index in [1.165, 1.54) is 24.0 Å². The topological polar surface area (TPSA) is 38.5 Å². The number of rotatable bonds is 5. The van der Waals surface area contributed by atoms with E-state index in [-0.39, 0.29) is 0 Å². The third-order valence-corrected chi connectivity index (χ3v) is 5.22. The Bertz CT molecular complexity index is 684. The Morgan fingerprint density at radius 1 is 1.43 bits per heavy atom. The summed E-state index contributed by atoms with van der Waals surface area (Å²) in [5.41, 5.74) is 3.63. The van der Waals surface area contributed by atoms with Crippen LogP contribution in [0.5, 0.6) is 5.75 Å². The maximum atomic E-state index is 5.50. The Balaban J connectivity index is 1.82. The van der Waals surface area contributed by atoms with Crippen molar-refractivity contribution in [3.05, 3.63) is 45.3 Å². The van der Waals surface area contributed by atoms with Gasteiger partial charge in [-0.2, -0.15) is 0 Å². The number of hydrogen-bond donors (Lipinski definition) is 0. The largest absolute Gasteiger partial charge is 0.496 e. The van der Waals surface area contributed by atoms with Gasteiger partial charge >= 0.3 is 0 Å². The summed E-state index contributed by atoms with van der Waals surface area (Å²) in [5.74, 6) is 1.91. The number of likely N-dealkylation sites (tertiary alicyclic amines) is 1. The van der Waals surface area contributed by atoms with Crippen LogP contribution in [-0.2, 0) is 13.0 Å². The minimum absolute atomic E-state index is 0.414. The molecule has 2 aromatic rings. The molecule has 0 radical (unpaired) electrons. The number of nitrogens with zero attached hydrogens (tertiary/aromatic N) is 2. The van der Waals surface area contributed by atoms with Crippen molar-refractivity contribution in [2.75, 3.05) is 13.7 Å².